The van der Waals surface area contributed by atoms with E-state index in [2.05, 4.69) is 4.98 Å². The molecule has 0 saturated heterocycles. The second kappa shape index (κ2) is 4.25. The molecule has 0 radical (unpaired) electrons. The number of hydrogen-bond donors (Lipinski definition) is 1. The molecule has 0 amide bonds. The number of benzene rings is 1. The summed E-state index contributed by atoms with van der Waals surface area (Å²) >= 11 is 0. The SMILES string of the molecule is Nc1cc(-c2c(F)c(F)c(F)c(F)c2F)ccn1. The average molecular weight is 260 g/mol. The highest BCUT2D eigenvalue weighted by Crippen LogP contribution is 2.31. The Morgan fingerprint density at radius 2 is 1.33 bits per heavy atom. The summed E-state index contributed by atoms with van der Waals surface area (Å²) in [6, 6.07) is 2.10. The average Bonchev–Trinajstić information content (AvgIpc) is 2.34. The van der Waals surface area contributed by atoms with Crippen molar-refractivity contribution < 1.29 is 22.0 Å². The fourth-order valence-corrected chi connectivity index (χ4v) is 1.46. The van der Waals surface area contributed by atoms with Gasteiger partial charge in [0.2, 0.25) is 5.82 Å². The van der Waals surface area contributed by atoms with Crippen LogP contribution >= 0.6 is 0 Å². The molecule has 0 atom stereocenters. The van der Waals surface area contributed by atoms with Gasteiger partial charge in [-0.05, 0) is 17.7 Å². The molecule has 0 aliphatic carbocycles. The second-order valence-electron chi connectivity index (χ2n) is 3.41. The van der Waals surface area contributed by atoms with Crippen LogP contribution in [-0.4, -0.2) is 4.98 Å². The number of rotatable bonds is 1. The maximum atomic E-state index is 13.4. The molecule has 0 spiro atoms. The molecule has 7 heteroatoms. The van der Waals surface area contributed by atoms with E-state index >= 15 is 0 Å². The molecule has 0 fully saturated rings. The largest absolute Gasteiger partial charge is 0.384 e. The number of nitrogens with two attached hydrogens (primary N) is 1. The van der Waals surface area contributed by atoms with E-state index < -0.39 is 34.6 Å². The molecule has 18 heavy (non-hydrogen) atoms. The first-order valence-corrected chi connectivity index (χ1v) is 4.66. The molecule has 1 aromatic carbocycles. The van der Waals surface area contributed by atoms with Gasteiger partial charge in [0, 0.05) is 6.20 Å². The first-order valence-electron chi connectivity index (χ1n) is 4.66. The Kier molecular flexibility index (Phi) is 2.90. The Labute approximate surface area is 97.9 Å². The minimum absolute atomic E-state index is 0.101. The molecule has 2 N–H and O–H groups in total. The van der Waals surface area contributed by atoms with Gasteiger partial charge in [0.1, 0.15) is 5.82 Å². The van der Waals surface area contributed by atoms with Crippen molar-refractivity contribution in [3.63, 3.8) is 0 Å². The second-order valence-corrected chi connectivity index (χ2v) is 3.41. The summed E-state index contributed by atoms with van der Waals surface area (Å²) in [5.74, 6) is -10.1. The van der Waals surface area contributed by atoms with Crippen LogP contribution in [0.4, 0.5) is 27.8 Å². The summed E-state index contributed by atoms with van der Waals surface area (Å²) in [6.07, 6.45) is 1.10. The van der Waals surface area contributed by atoms with Crippen molar-refractivity contribution in [3.05, 3.63) is 47.4 Å². The maximum Gasteiger partial charge on any atom is 0.200 e. The molecular formula is C11H5F5N2. The lowest BCUT2D eigenvalue weighted by atomic mass is 10.0. The minimum atomic E-state index is -2.20. The molecule has 1 heterocycles. The lowest BCUT2D eigenvalue weighted by Crippen LogP contribution is -2.04. The molecule has 94 valence electrons. The highest BCUT2D eigenvalue weighted by atomic mass is 19.2. The Balaban J connectivity index is 2.80. The molecule has 2 aromatic rings. The normalized spacial score (nSPS) is 10.7. The Hall–Kier alpha value is -2.18. The summed E-state index contributed by atoms with van der Waals surface area (Å²) in [5.41, 5.74) is 4.02. The third kappa shape index (κ3) is 1.77. The summed E-state index contributed by atoms with van der Waals surface area (Å²) in [4.78, 5) is 3.56. The molecule has 2 nitrogen and oxygen atoms in total. The van der Waals surface area contributed by atoms with Crippen LogP contribution in [0.2, 0.25) is 0 Å². The summed E-state index contributed by atoms with van der Waals surface area (Å²) in [6.45, 7) is 0. The molecule has 0 aliphatic rings. The summed E-state index contributed by atoms with van der Waals surface area (Å²) in [7, 11) is 0. The van der Waals surface area contributed by atoms with E-state index in [1.54, 1.807) is 0 Å². The van der Waals surface area contributed by atoms with Gasteiger partial charge >= 0.3 is 0 Å². The Morgan fingerprint density at radius 3 is 1.83 bits per heavy atom. The van der Waals surface area contributed by atoms with Gasteiger partial charge < -0.3 is 5.73 Å². The van der Waals surface area contributed by atoms with E-state index in [1.807, 2.05) is 0 Å². The van der Waals surface area contributed by atoms with Crippen LogP contribution in [0, 0.1) is 29.1 Å². The first-order chi connectivity index (χ1) is 8.43. The zero-order valence-electron chi connectivity index (χ0n) is 8.65. The lowest BCUT2D eigenvalue weighted by Gasteiger charge is -2.08. The number of nitrogens with zero attached hydrogens (tertiary/aromatic N) is 1. The number of halogens is 5. The number of aromatic nitrogens is 1. The topological polar surface area (TPSA) is 38.9 Å². The fourth-order valence-electron chi connectivity index (χ4n) is 1.46. The van der Waals surface area contributed by atoms with Crippen LogP contribution in [-0.2, 0) is 0 Å². The van der Waals surface area contributed by atoms with Crippen molar-refractivity contribution in [2.24, 2.45) is 0 Å². The summed E-state index contributed by atoms with van der Waals surface area (Å²) in [5, 5.41) is 0. The van der Waals surface area contributed by atoms with E-state index in [0.717, 1.165) is 18.3 Å². The van der Waals surface area contributed by atoms with E-state index in [9.17, 15) is 22.0 Å². The molecule has 0 aliphatic heterocycles. The number of pyridine rings is 1. The molecule has 0 bridgehead atoms. The van der Waals surface area contributed by atoms with Gasteiger partial charge in [0.15, 0.2) is 23.3 Å². The van der Waals surface area contributed by atoms with Crippen molar-refractivity contribution >= 4 is 5.82 Å². The van der Waals surface area contributed by atoms with Gasteiger partial charge in [-0.2, -0.15) is 0 Å². The number of nitrogen functional groups attached to an aromatic ring is 1. The van der Waals surface area contributed by atoms with Gasteiger partial charge in [-0.3, -0.25) is 0 Å². The van der Waals surface area contributed by atoms with Crippen molar-refractivity contribution in [1.82, 2.24) is 4.98 Å². The van der Waals surface area contributed by atoms with Crippen LogP contribution in [0.1, 0.15) is 0 Å². The van der Waals surface area contributed by atoms with E-state index in [0.29, 0.717) is 0 Å². The molecule has 0 unspecified atom stereocenters. The van der Waals surface area contributed by atoms with Crippen molar-refractivity contribution in [2.75, 3.05) is 5.73 Å². The quantitative estimate of drug-likeness (QED) is 0.486. The predicted molar refractivity (Wildman–Crippen MR) is 53.9 cm³/mol. The van der Waals surface area contributed by atoms with Gasteiger partial charge in [0.05, 0.1) is 5.56 Å². The van der Waals surface area contributed by atoms with Crippen LogP contribution in [0.15, 0.2) is 18.3 Å². The van der Waals surface area contributed by atoms with Crippen LogP contribution in [0.25, 0.3) is 11.1 Å². The van der Waals surface area contributed by atoms with Gasteiger partial charge in [-0.1, -0.05) is 0 Å². The number of anilines is 1. The third-order valence-corrected chi connectivity index (χ3v) is 2.28. The van der Waals surface area contributed by atoms with E-state index in [-0.39, 0.29) is 11.4 Å². The van der Waals surface area contributed by atoms with Gasteiger partial charge in [-0.25, -0.2) is 26.9 Å². The molecule has 0 saturated carbocycles. The third-order valence-electron chi connectivity index (χ3n) is 2.28. The minimum Gasteiger partial charge on any atom is -0.384 e. The predicted octanol–water partition coefficient (Wildman–Crippen LogP) is 3.03. The Bertz CT molecular complexity index is 598. The zero-order chi connectivity index (χ0) is 13.4. The monoisotopic (exact) mass is 260 g/mol. The smallest absolute Gasteiger partial charge is 0.200 e. The van der Waals surface area contributed by atoms with Gasteiger partial charge in [-0.15, -0.1) is 0 Å². The first kappa shape index (κ1) is 12.3. The van der Waals surface area contributed by atoms with Crippen LogP contribution in [0.3, 0.4) is 0 Å². The molecule has 1 aromatic heterocycles. The van der Waals surface area contributed by atoms with Crippen LogP contribution in [0.5, 0.6) is 0 Å². The maximum absolute atomic E-state index is 13.4. The molecular weight excluding hydrogens is 255 g/mol. The van der Waals surface area contributed by atoms with E-state index in [1.165, 1.54) is 0 Å². The van der Waals surface area contributed by atoms with Crippen molar-refractivity contribution in [3.8, 4) is 11.1 Å². The van der Waals surface area contributed by atoms with E-state index in [4.69, 9.17) is 5.73 Å². The van der Waals surface area contributed by atoms with Crippen molar-refractivity contribution in [1.29, 1.82) is 0 Å². The lowest BCUT2D eigenvalue weighted by molar-refractivity contribution is 0.381. The highest BCUT2D eigenvalue weighted by molar-refractivity contribution is 5.67. The Morgan fingerprint density at radius 1 is 0.833 bits per heavy atom. The van der Waals surface area contributed by atoms with Gasteiger partial charge in [0.25, 0.3) is 0 Å². The van der Waals surface area contributed by atoms with Crippen LogP contribution < -0.4 is 5.73 Å². The summed E-state index contributed by atoms with van der Waals surface area (Å²) < 4.78 is 65.7. The number of hydrogen-bond acceptors (Lipinski definition) is 2. The standard InChI is InChI=1S/C11H5F5N2/c12-7-6(4-1-2-18-5(17)3-4)8(13)10(15)11(16)9(7)14/h1-3H,(H2,17,18). The van der Waals surface area contributed by atoms with Crippen molar-refractivity contribution in [2.45, 2.75) is 0 Å². The highest BCUT2D eigenvalue weighted by Gasteiger charge is 2.26. The zero-order valence-corrected chi connectivity index (χ0v) is 8.65. The molecule has 2 rings (SSSR count). The fraction of sp³-hybridized carbons (Fsp3) is 0.